The largest absolute Gasteiger partial charge is 0.383 e. The lowest BCUT2D eigenvalue weighted by Crippen LogP contribution is -2.32. The molecule has 1 rings (SSSR count). The zero-order valence-corrected chi connectivity index (χ0v) is 10.7. The van der Waals surface area contributed by atoms with Crippen molar-refractivity contribution >= 4 is 17.5 Å². The summed E-state index contributed by atoms with van der Waals surface area (Å²) < 4.78 is 5.08. The molecule has 0 aliphatic carbocycles. The van der Waals surface area contributed by atoms with Gasteiger partial charge in [-0.3, -0.25) is 0 Å². The van der Waals surface area contributed by atoms with Gasteiger partial charge in [0.15, 0.2) is 0 Å². The molecule has 0 saturated heterocycles. The van der Waals surface area contributed by atoms with Gasteiger partial charge in [0.1, 0.15) is 0 Å². The third-order valence-corrected chi connectivity index (χ3v) is 2.24. The molecule has 0 amide bonds. The van der Waals surface area contributed by atoms with Crippen LogP contribution in [0.2, 0.25) is 5.02 Å². The molecule has 0 aliphatic heterocycles. The lowest BCUT2D eigenvalue weighted by molar-refractivity contribution is 0.204. The monoisotopic (exact) mass is 243 g/mol. The molecule has 0 aromatic carbocycles. The van der Waals surface area contributed by atoms with E-state index in [1.807, 2.05) is 0 Å². The average molecular weight is 244 g/mol. The molecule has 0 N–H and O–H groups in total. The van der Waals surface area contributed by atoms with Gasteiger partial charge in [-0.15, -0.1) is 0 Å². The minimum atomic E-state index is 0.552. The standard InChI is InChI=1S/C11H18ClN3O/c1-9(2)8-15(4-5-16-3)11-13-6-10(12)7-14-11/h6-7,9H,4-5,8H2,1-3H3. The van der Waals surface area contributed by atoms with Gasteiger partial charge in [0.05, 0.1) is 24.0 Å². The Kier molecular flexibility index (Phi) is 5.49. The number of ether oxygens (including phenoxy) is 1. The summed E-state index contributed by atoms with van der Waals surface area (Å²) >= 11 is 5.76. The molecule has 0 aliphatic rings. The predicted molar refractivity (Wildman–Crippen MR) is 66.0 cm³/mol. The number of nitrogens with zero attached hydrogens (tertiary/aromatic N) is 3. The smallest absolute Gasteiger partial charge is 0.225 e. The lowest BCUT2D eigenvalue weighted by atomic mass is 10.2. The number of aromatic nitrogens is 2. The van der Waals surface area contributed by atoms with E-state index in [1.54, 1.807) is 19.5 Å². The Morgan fingerprint density at radius 3 is 2.50 bits per heavy atom. The highest BCUT2D eigenvalue weighted by molar-refractivity contribution is 6.30. The maximum atomic E-state index is 5.76. The van der Waals surface area contributed by atoms with E-state index in [-0.39, 0.29) is 0 Å². The van der Waals surface area contributed by atoms with Crippen molar-refractivity contribution in [3.8, 4) is 0 Å². The fraction of sp³-hybridized carbons (Fsp3) is 0.636. The van der Waals surface area contributed by atoms with Gasteiger partial charge in [0, 0.05) is 20.2 Å². The third-order valence-electron chi connectivity index (χ3n) is 2.04. The molecule has 0 fully saturated rings. The molecular formula is C11H18ClN3O. The van der Waals surface area contributed by atoms with E-state index < -0.39 is 0 Å². The van der Waals surface area contributed by atoms with Crippen LogP contribution in [0.3, 0.4) is 0 Å². The van der Waals surface area contributed by atoms with Gasteiger partial charge in [-0.25, -0.2) is 9.97 Å². The van der Waals surface area contributed by atoms with E-state index in [0.29, 0.717) is 23.5 Å². The summed E-state index contributed by atoms with van der Waals surface area (Å²) in [6.07, 6.45) is 3.23. The Hall–Kier alpha value is -0.870. The number of methoxy groups -OCH3 is 1. The maximum absolute atomic E-state index is 5.76. The van der Waals surface area contributed by atoms with Crippen LogP contribution in [-0.2, 0) is 4.74 Å². The van der Waals surface area contributed by atoms with E-state index in [0.717, 1.165) is 13.1 Å². The van der Waals surface area contributed by atoms with E-state index >= 15 is 0 Å². The molecule has 90 valence electrons. The fourth-order valence-electron chi connectivity index (χ4n) is 1.38. The van der Waals surface area contributed by atoms with Crippen LogP contribution in [0.5, 0.6) is 0 Å². The van der Waals surface area contributed by atoms with Crippen molar-refractivity contribution in [1.29, 1.82) is 0 Å². The van der Waals surface area contributed by atoms with Crippen LogP contribution in [0.4, 0.5) is 5.95 Å². The first-order valence-corrected chi connectivity index (χ1v) is 5.72. The van der Waals surface area contributed by atoms with Crippen LogP contribution in [-0.4, -0.2) is 36.8 Å². The van der Waals surface area contributed by atoms with Gasteiger partial charge in [-0.1, -0.05) is 25.4 Å². The second-order valence-corrected chi connectivity index (χ2v) is 4.47. The molecule has 0 saturated carbocycles. The lowest BCUT2D eigenvalue weighted by Gasteiger charge is -2.23. The average Bonchev–Trinajstić information content (AvgIpc) is 2.25. The van der Waals surface area contributed by atoms with Crippen molar-refractivity contribution in [2.24, 2.45) is 5.92 Å². The highest BCUT2D eigenvalue weighted by Crippen LogP contribution is 2.11. The highest BCUT2D eigenvalue weighted by atomic mass is 35.5. The Labute approximate surface area is 102 Å². The molecule has 0 bridgehead atoms. The van der Waals surface area contributed by atoms with Gasteiger partial charge in [0.25, 0.3) is 0 Å². The summed E-state index contributed by atoms with van der Waals surface area (Å²) in [7, 11) is 1.69. The third kappa shape index (κ3) is 4.33. The summed E-state index contributed by atoms with van der Waals surface area (Å²) in [5.74, 6) is 1.26. The Morgan fingerprint density at radius 2 is 2.00 bits per heavy atom. The number of anilines is 1. The first-order valence-electron chi connectivity index (χ1n) is 5.35. The van der Waals surface area contributed by atoms with Gasteiger partial charge >= 0.3 is 0 Å². The van der Waals surface area contributed by atoms with E-state index in [2.05, 4.69) is 28.7 Å². The molecule has 1 aromatic heterocycles. The van der Waals surface area contributed by atoms with Crippen LogP contribution in [0.25, 0.3) is 0 Å². The van der Waals surface area contributed by atoms with Crippen molar-refractivity contribution in [3.05, 3.63) is 17.4 Å². The molecule has 0 unspecified atom stereocenters. The highest BCUT2D eigenvalue weighted by Gasteiger charge is 2.10. The summed E-state index contributed by atoms with van der Waals surface area (Å²) in [6.45, 7) is 6.69. The first kappa shape index (κ1) is 13.2. The first-order chi connectivity index (χ1) is 7.63. The molecule has 0 radical (unpaired) electrons. The van der Waals surface area contributed by atoms with Gasteiger partial charge in [0.2, 0.25) is 5.95 Å². The number of hydrogen-bond acceptors (Lipinski definition) is 4. The van der Waals surface area contributed by atoms with E-state index in [4.69, 9.17) is 16.3 Å². The quantitative estimate of drug-likeness (QED) is 0.768. The van der Waals surface area contributed by atoms with Gasteiger partial charge in [-0.05, 0) is 5.92 Å². The fourth-order valence-corrected chi connectivity index (χ4v) is 1.48. The number of halogens is 1. The topological polar surface area (TPSA) is 38.2 Å². The summed E-state index contributed by atoms with van der Waals surface area (Å²) in [5.41, 5.74) is 0. The zero-order chi connectivity index (χ0) is 12.0. The second kappa shape index (κ2) is 6.66. The minimum absolute atomic E-state index is 0.552. The molecule has 4 nitrogen and oxygen atoms in total. The van der Waals surface area contributed by atoms with Crippen molar-refractivity contribution in [3.63, 3.8) is 0 Å². The Bertz CT molecular complexity index is 303. The van der Waals surface area contributed by atoms with Crippen LogP contribution in [0.1, 0.15) is 13.8 Å². The zero-order valence-electron chi connectivity index (χ0n) is 9.98. The van der Waals surface area contributed by atoms with Gasteiger partial charge < -0.3 is 9.64 Å². The maximum Gasteiger partial charge on any atom is 0.225 e. The van der Waals surface area contributed by atoms with Gasteiger partial charge in [-0.2, -0.15) is 0 Å². The number of hydrogen-bond donors (Lipinski definition) is 0. The van der Waals surface area contributed by atoms with Crippen LogP contribution < -0.4 is 4.90 Å². The summed E-state index contributed by atoms with van der Waals surface area (Å²) in [5, 5.41) is 0.556. The van der Waals surface area contributed by atoms with Crippen molar-refractivity contribution in [2.75, 3.05) is 31.7 Å². The van der Waals surface area contributed by atoms with Crippen LogP contribution in [0.15, 0.2) is 12.4 Å². The molecule has 0 spiro atoms. The summed E-state index contributed by atoms with van der Waals surface area (Å²) in [4.78, 5) is 10.5. The molecule has 1 heterocycles. The van der Waals surface area contributed by atoms with E-state index in [1.165, 1.54) is 0 Å². The van der Waals surface area contributed by atoms with Crippen LogP contribution >= 0.6 is 11.6 Å². The molecular weight excluding hydrogens is 226 g/mol. The minimum Gasteiger partial charge on any atom is -0.383 e. The van der Waals surface area contributed by atoms with Crippen molar-refractivity contribution in [1.82, 2.24) is 9.97 Å². The van der Waals surface area contributed by atoms with Crippen molar-refractivity contribution < 1.29 is 4.74 Å². The van der Waals surface area contributed by atoms with Crippen molar-refractivity contribution in [2.45, 2.75) is 13.8 Å². The molecule has 5 heteroatoms. The molecule has 16 heavy (non-hydrogen) atoms. The summed E-state index contributed by atoms with van der Waals surface area (Å²) in [6, 6.07) is 0. The SMILES string of the molecule is COCCN(CC(C)C)c1ncc(Cl)cn1. The Morgan fingerprint density at radius 1 is 1.38 bits per heavy atom. The molecule has 0 atom stereocenters. The predicted octanol–water partition coefficient (Wildman–Crippen LogP) is 2.24. The second-order valence-electron chi connectivity index (χ2n) is 4.03. The normalized spacial score (nSPS) is 10.8. The van der Waals surface area contributed by atoms with Crippen LogP contribution in [0, 0.1) is 5.92 Å². The molecule has 1 aromatic rings. The Balaban J connectivity index is 2.70. The van der Waals surface area contributed by atoms with E-state index in [9.17, 15) is 0 Å². The number of rotatable bonds is 6.